The zero-order valence-corrected chi connectivity index (χ0v) is 12.1. The van der Waals surface area contributed by atoms with Gasteiger partial charge < -0.3 is 9.90 Å². The maximum atomic E-state index is 10.4. The van der Waals surface area contributed by atoms with Crippen molar-refractivity contribution in [3.63, 3.8) is 0 Å². The Bertz CT molecular complexity index is 639. The van der Waals surface area contributed by atoms with E-state index in [1.165, 1.54) is 5.56 Å². The summed E-state index contributed by atoms with van der Waals surface area (Å²) in [6.45, 7) is 2.15. The topological polar surface area (TPSA) is 141 Å². The van der Waals surface area contributed by atoms with Crippen molar-refractivity contribution < 1.29 is 24.7 Å². The zero-order chi connectivity index (χ0) is 17.4. The predicted octanol–water partition coefficient (Wildman–Crippen LogP) is 0.930. The summed E-state index contributed by atoms with van der Waals surface area (Å²) in [7, 11) is 0. The lowest BCUT2D eigenvalue weighted by Crippen LogP contribution is -2.22. The number of H-pyrrole nitrogens is 1. The van der Waals surface area contributed by atoms with Crippen LogP contribution in [0.25, 0.3) is 0 Å². The first kappa shape index (κ1) is 17.7. The summed E-state index contributed by atoms with van der Waals surface area (Å²) in [6, 6.07) is 6.23. The first-order chi connectivity index (χ1) is 10.8. The Morgan fingerprint density at radius 2 is 1.52 bits per heavy atom. The molecule has 9 nitrogen and oxygen atoms in total. The van der Waals surface area contributed by atoms with Crippen LogP contribution in [0.5, 0.6) is 0 Å². The molecule has 0 fully saturated rings. The summed E-state index contributed by atoms with van der Waals surface area (Å²) in [4.78, 5) is 32.2. The lowest BCUT2D eigenvalue weighted by molar-refractivity contribution is -0.394. The number of carboxylic acids is 1. The van der Waals surface area contributed by atoms with Crippen LogP contribution in [0.3, 0.4) is 0 Å². The average Bonchev–Trinajstić information content (AvgIpc) is 2.55. The number of hydrogen-bond acceptors (Lipinski definition) is 6. The van der Waals surface area contributed by atoms with Crippen LogP contribution in [0.2, 0.25) is 0 Å². The zero-order valence-electron chi connectivity index (χ0n) is 12.1. The van der Waals surface area contributed by atoms with Crippen molar-refractivity contribution in [3.8, 4) is 0 Å². The van der Waals surface area contributed by atoms with E-state index in [1.54, 1.807) is 0 Å². The largest absolute Gasteiger partial charge is 0.545 e. The third-order valence-corrected chi connectivity index (χ3v) is 2.76. The summed E-state index contributed by atoms with van der Waals surface area (Å²) in [5.41, 5.74) is -0.550. The van der Waals surface area contributed by atoms with Gasteiger partial charge in [-0.05, 0) is 12.0 Å². The average molecular weight is 319 g/mol. The van der Waals surface area contributed by atoms with E-state index in [4.69, 9.17) is 0 Å². The van der Waals surface area contributed by atoms with Gasteiger partial charge >= 0.3 is 0 Å². The van der Waals surface area contributed by atoms with Crippen LogP contribution in [0.1, 0.15) is 22.8 Å². The van der Waals surface area contributed by atoms with E-state index in [9.17, 15) is 30.1 Å². The highest BCUT2D eigenvalue weighted by molar-refractivity contribution is 5.87. The first-order valence-electron chi connectivity index (χ1n) is 6.45. The maximum Gasteiger partial charge on any atom is 0.276 e. The monoisotopic (exact) mass is 319 g/mol. The van der Waals surface area contributed by atoms with Gasteiger partial charge in [-0.3, -0.25) is 20.2 Å². The van der Waals surface area contributed by atoms with Crippen LogP contribution in [0.15, 0.2) is 42.7 Å². The molecule has 2 aromatic rings. The van der Waals surface area contributed by atoms with Crippen molar-refractivity contribution in [3.05, 3.63) is 74.1 Å². The Balaban J connectivity index is 0.000000277. The van der Waals surface area contributed by atoms with Crippen molar-refractivity contribution in [2.75, 3.05) is 0 Å². The summed E-state index contributed by atoms with van der Waals surface area (Å²) >= 11 is 0. The van der Waals surface area contributed by atoms with Crippen LogP contribution in [-0.4, -0.2) is 15.8 Å². The molecular weight excluding hydrogens is 306 g/mol. The molecule has 0 aliphatic carbocycles. The number of nitrogens with zero attached hydrogens (tertiary/aromatic N) is 2. The molecule has 0 atom stereocenters. The van der Waals surface area contributed by atoms with Crippen molar-refractivity contribution >= 4 is 17.3 Å². The quantitative estimate of drug-likeness (QED) is 0.606. The highest BCUT2D eigenvalue weighted by atomic mass is 16.6. The molecule has 0 amide bonds. The van der Waals surface area contributed by atoms with E-state index in [-0.39, 0.29) is 0 Å². The smallest absolute Gasteiger partial charge is 0.276 e. The lowest BCUT2D eigenvalue weighted by atomic mass is 10.2. The minimum atomic E-state index is -1.71. The fourth-order valence-corrected chi connectivity index (χ4v) is 1.58. The van der Waals surface area contributed by atoms with E-state index in [2.05, 4.69) is 24.0 Å². The number of aryl methyl sites for hydroxylation is 1. The maximum absolute atomic E-state index is 10.4. The molecule has 120 valence electrons. The van der Waals surface area contributed by atoms with Crippen molar-refractivity contribution in [1.29, 1.82) is 0 Å². The Morgan fingerprint density at radius 3 is 1.83 bits per heavy atom. The number of aromatic nitrogens is 1. The third kappa shape index (κ3) is 5.50. The molecule has 0 aliphatic heterocycles. The summed E-state index contributed by atoms with van der Waals surface area (Å²) in [5.74, 6) is -1.71. The summed E-state index contributed by atoms with van der Waals surface area (Å²) < 4.78 is 0. The van der Waals surface area contributed by atoms with E-state index >= 15 is 0 Å². The molecule has 0 aliphatic rings. The number of carbonyl (C=O) groups excluding carboxylic acids is 1. The fourth-order valence-electron chi connectivity index (χ4n) is 1.58. The van der Waals surface area contributed by atoms with Crippen molar-refractivity contribution in [2.45, 2.75) is 13.3 Å². The minimum absolute atomic E-state index is 0.601. The van der Waals surface area contributed by atoms with Gasteiger partial charge in [0, 0.05) is 29.8 Å². The number of aromatic carboxylic acids is 1. The van der Waals surface area contributed by atoms with Crippen LogP contribution >= 0.6 is 0 Å². The van der Waals surface area contributed by atoms with Gasteiger partial charge in [0.1, 0.15) is 0 Å². The summed E-state index contributed by atoms with van der Waals surface area (Å²) in [5, 5.41) is 31.0. The number of hydrogen-bond donors (Lipinski definition) is 0. The molecule has 0 spiro atoms. The van der Waals surface area contributed by atoms with E-state index < -0.39 is 32.8 Å². The van der Waals surface area contributed by atoms with Gasteiger partial charge in [-0.25, -0.2) is 4.98 Å². The number of carboxylic acid groups (broad SMARTS) is 1. The van der Waals surface area contributed by atoms with Gasteiger partial charge in [-0.1, -0.05) is 6.92 Å². The van der Waals surface area contributed by atoms with E-state index in [0.29, 0.717) is 18.2 Å². The first-order valence-corrected chi connectivity index (χ1v) is 6.45. The fraction of sp³-hybridized carbons (Fsp3) is 0.143. The molecule has 23 heavy (non-hydrogen) atoms. The molecule has 0 radical (unpaired) electrons. The van der Waals surface area contributed by atoms with E-state index in [1.807, 2.05) is 12.4 Å². The van der Waals surface area contributed by atoms with Crippen molar-refractivity contribution in [2.24, 2.45) is 0 Å². The van der Waals surface area contributed by atoms with Crippen LogP contribution in [0.4, 0.5) is 11.4 Å². The molecule has 0 unspecified atom stereocenters. The molecule has 1 heterocycles. The number of benzene rings is 1. The molecule has 1 aromatic heterocycles. The normalized spacial score (nSPS) is 9.43. The number of nitro groups is 2. The number of nitrogens with one attached hydrogen (secondary N) is 1. The molecule has 1 N–H and O–H groups in total. The number of non-ortho nitro benzene ring substituents is 2. The second-order valence-corrected chi connectivity index (χ2v) is 4.30. The molecule has 0 bridgehead atoms. The number of nitro benzene ring substituents is 2. The Morgan fingerprint density at radius 1 is 1.04 bits per heavy atom. The Kier molecular flexibility index (Phi) is 6.29. The highest BCUT2D eigenvalue weighted by Gasteiger charge is 2.16. The van der Waals surface area contributed by atoms with Gasteiger partial charge in [0.05, 0.1) is 21.9 Å². The lowest BCUT2D eigenvalue weighted by Gasteiger charge is -2.01. The van der Waals surface area contributed by atoms with Gasteiger partial charge in [0.25, 0.3) is 11.4 Å². The SMILES string of the molecule is CCc1cc[nH+]cc1.O=C([O-])c1cc([N+](=O)[O-])cc([N+](=O)[O-])c1. The van der Waals surface area contributed by atoms with Crippen LogP contribution in [-0.2, 0) is 6.42 Å². The van der Waals surface area contributed by atoms with Crippen molar-refractivity contribution in [1.82, 2.24) is 0 Å². The Hall–Kier alpha value is -3.36. The van der Waals surface area contributed by atoms with Crippen LogP contribution < -0.4 is 10.1 Å². The molecule has 0 saturated carbocycles. The Labute approximate surface area is 130 Å². The molecule has 0 saturated heterocycles. The molecule has 9 heteroatoms. The van der Waals surface area contributed by atoms with E-state index in [0.717, 1.165) is 6.42 Å². The van der Waals surface area contributed by atoms with Crippen LogP contribution in [0, 0.1) is 20.2 Å². The molecular formula is C14H13N3O6. The second kappa shape index (κ2) is 8.17. The number of aromatic amines is 1. The number of rotatable bonds is 4. The standard InChI is InChI=1S/C7H4N2O6.C7H9N/c10-7(11)4-1-5(8(12)13)3-6(2-4)9(14)15;1-2-7-3-5-8-6-4-7/h1-3H,(H,10,11);3-6H,2H2,1H3. The molecule has 1 aromatic carbocycles. The number of pyridine rings is 1. The van der Waals surface area contributed by atoms with Gasteiger partial charge in [0.15, 0.2) is 12.4 Å². The minimum Gasteiger partial charge on any atom is -0.545 e. The third-order valence-electron chi connectivity index (χ3n) is 2.76. The van der Waals surface area contributed by atoms with Gasteiger partial charge in [-0.2, -0.15) is 0 Å². The molecule has 2 rings (SSSR count). The van der Waals surface area contributed by atoms with Gasteiger partial charge in [-0.15, -0.1) is 0 Å². The summed E-state index contributed by atoms with van der Waals surface area (Å²) in [6.07, 6.45) is 5.01. The van der Waals surface area contributed by atoms with Gasteiger partial charge in [0.2, 0.25) is 0 Å². The second-order valence-electron chi connectivity index (χ2n) is 4.30. The highest BCUT2D eigenvalue weighted by Crippen LogP contribution is 2.22. The number of carbonyl (C=O) groups is 1. The predicted molar refractivity (Wildman–Crippen MR) is 76.5 cm³/mol.